The van der Waals surface area contributed by atoms with E-state index in [-0.39, 0.29) is 37.5 Å². The molecule has 0 fully saturated rings. The van der Waals surface area contributed by atoms with Gasteiger partial charge in [-0.25, -0.2) is 0 Å². The molecule has 0 aliphatic carbocycles. The van der Waals surface area contributed by atoms with Crippen LogP contribution in [0.3, 0.4) is 0 Å². The average molecular weight is 952 g/mol. The Morgan fingerprint density at radius 3 is 0.912 bits per heavy atom. The summed E-state index contributed by atoms with van der Waals surface area (Å²) < 4.78 is 16.8. The predicted molar refractivity (Wildman–Crippen MR) is 293 cm³/mol. The van der Waals surface area contributed by atoms with E-state index in [0.29, 0.717) is 19.3 Å². The number of carbonyl (C=O) groups is 3. The van der Waals surface area contributed by atoms with Gasteiger partial charge in [0, 0.05) is 19.3 Å². The third-order valence-electron chi connectivity index (χ3n) is 12.7. The number of unbranched alkanes of at least 4 members (excludes halogenated alkanes) is 32. The van der Waals surface area contributed by atoms with Crippen molar-refractivity contribution in [3.8, 4) is 0 Å². The Kier molecular flexibility index (Phi) is 54.3. The van der Waals surface area contributed by atoms with Crippen LogP contribution in [0, 0.1) is 0 Å². The Bertz CT molecular complexity index is 1230. The summed E-state index contributed by atoms with van der Waals surface area (Å²) in [7, 11) is 0. The maximum Gasteiger partial charge on any atom is 0.306 e. The fourth-order valence-electron chi connectivity index (χ4n) is 8.31. The average Bonchev–Trinajstić information content (AvgIpc) is 3.34. The summed E-state index contributed by atoms with van der Waals surface area (Å²) in [4.78, 5) is 38.1. The second kappa shape index (κ2) is 56.7. The highest BCUT2D eigenvalue weighted by atomic mass is 16.6. The van der Waals surface area contributed by atoms with E-state index in [1.807, 2.05) is 0 Å². The largest absolute Gasteiger partial charge is 0.462 e. The Balaban J connectivity index is 4.45. The van der Waals surface area contributed by atoms with Crippen molar-refractivity contribution >= 4 is 17.9 Å². The minimum Gasteiger partial charge on any atom is -0.462 e. The molecular weight excluding hydrogens is 841 g/mol. The van der Waals surface area contributed by atoms with Crippen LogP contribution in [0.15, 0.2) is 60.8 Å². The lowest BCUT2D eigenvalue weighted by atomic mass is 10.0. The van der Waals surface area contributed by atoms with Gasteiger partial charge in [0.25, 0.3) is 0 Å². The summed E-state index contributed by atoms with van der Waals surface area (Å²) in [6.07, 6.45) is 70.7. The van der Waals surface area contributed by atoms with Gasteiger partial charge in [0.15, 0.2) is 6.10 Å². The standard InChI is InChI=1S/C62H110O6/c1-4-7-10-13-16-19-22-25-28-30-32-34-37-40-43-46-49-52-55-61(64)67-58-59(57-66-60(63)54-51-48-45-42-39-36-33-27-24-21-18-15-12-9-6-3)68-62(65)56-53-50-47-44-41-38-35-31-29-26-23-20-17-14-11-8-5-2/h17,20,26,29,32,34-35,38,44,47,59H,4-16,18-19,21-25,27-28,30-31,33,36-37,39-43,45-46,48-58H2,1-3H3/b20-17-,29-26-,34-32-,38-35-,47-44-. The van der Waals surface area contributed by atoms with Gasteiger partial charge in [-0.3, -0.25) is 14.4 Å². The molecule has 0 aromatic carbocycles. The number of hydrogen-bond acceptors (Lipinski definition) is 6. The van der Waals surface area contributed by atoms with Gasteiger partial charge in [0.1, 0.15) is 13.2 Å². The molecule has 68 heavy (non-hydrogen) atoms. The van der Waals surface area contributed by atoms with Crippen molar-refractivity contribution in [3.05, 3.63) is 60.8 Å². The lowest BCUT2D eigenvalue weighted by molar-refractivity contribution is -0.167. The highest BCUT2D eigenvalue weighted by molar-refractivity contribution is 5.71. The molecule has 6 nitrogen and oxygen atoms in total. The van der Waals surface area contributed by atoms with Crippen LogP contribution in [0.1, 0.15) is 297 Å². The highest BCUT2D eigenvalue weighted by Crippen LogP contribution is 2.16. The van der Waals surface area contributed by atoms with Crippen molar-refractivity contribution in [2.24, 2.45) is 0 Å². The van der Waals surface area contributed by atoms with Crippen molar-refractivity contribution < 1.29 is 28.6 Å². The molecule has 0 aliphatic rings. The molecule has 394 valence electrons. The summed E-state index contributed by atoms with van der Waals surface area (Å²) >= 11 is 0. The molecule has 6 heteroatoms. The third kappa shape index (κ3) is 54.1. The Morgan fingerprint density at radius 1 is 0.294 bits per heavy atom. The molecule has 0 bridgehead atoms. The van der Waals surface area contributed by atoms with E-state index >= 15 is 0 Å². The number of rotatable bonds is 53. The molecule has 0 saturated carbocycles. The zero-order chi connectivity index (χ0) is 49.3. The van der Waals surface area contributed by atoms with E-state index < -0.39 is 6.10 Å². The molecule has 0 heterocycles. The maximum absolute atomic E-state index is 12.8. The molecule has 1 unspecified atom stereocenters. The summed E-state index contributed by atoms with van der Waals surface area (Å²) in [6, 6.07) is 0. The normalized spacial score (nSPS) is 12.5. The maximum atomic E-state index is 12.8. The number of carbonyl (C=O) groups excluding carboxylic acids is 3. The quantitative estimate of drug-likeness (QED) is 0.0262. The van der Waals surface area contributed by atoms with Gasteiger partial charge in [-0.05, 0) is 83.5 Å². The van der Waals surface area contributed by atoms with Crippen LogP contribution in [0.5, 0.6) is 0 Å². The van der Waals surface area contributed by atoms with Gasteiger partial charge < -0.3 is 14.2 Å². The van der Waals surface area contributed by atoms with Crippen LogP contribution in [0.4, 0.5) is 0 Å². The molecule has 0 aromatic heterocycles. The molecule has 1 atom stereocenters. The van der Waals surface area contributed by atoms with E-state index in [1.165, 1.54) is 180 Å². The molecule has 0 N–H and O–H groups in total. The van der Waals surface area contributed by atoms with Crippen LogP contribution >= 0.6 is 0 Å². The Morgan fingerprint density at radius 2 is 0.544 bits per heavy atom. The van der Waals surface area contributed by atoms with E-state index in [1.54, 1.807) is 0 Å². The van der Waals surface area contributed by atoms with Crippen LogP contribution in [-0.4, -0.2) is 37.2 Å². The first-order valence-electron chi connectivity index (χ1n) is 29.3. The smallest absolute Gasteiger partial charge is 0.306 e. The topological polar surface area (TPSA) is 78.9 Å². The van der Waals surface area contributed by atoms with Crippen molar-refractivity contribution in [1.82, 2.24) is 0 Å². The monoisotopic (exact) mass is 951 g/mol. The molecule has 0 amide bonds. The van der Waals surface area contributed by atoms with E-state index in [9.17, 15) is 14.4 Å². The van der Waals surface area contributed by atoms with E-state index in [2.05, 4.69) is 81.5 Å². The zero-order valence-corrected chi connectivity index (χ0v) is 45.1. The van der Waals surface area contributed by atoms with E-state index in [4.69, 9.17) is 14.2 Å². The van der Waals surface area contributed by atoms with Crippen molar-refractivity contribution in [3.63, 3.8) is 0 Å². The van der Waals surface area contributed by atoms with Gasteiger partial charge in [0.2, 0.25) is 0 Å². The minimum absolute atomic E-state index is 0.0958. The van der Waals surface area contributed by atoms with Gasteiger partial charge in [-0.2, -0.15) is 0 Å². The fourth-order valence-corrected chi connectivity index (χ4v) is 8.31. The minimum atomic E-state index is -0.804. The molecule has 0 spiro atoms. The van der Waals surface area contributed by atoms with Crippen molar-refractivity contribution in [1.29, 1.82) is 0 Å². The molecule has 0 radical (unpaired) electrons. The number of hydrogen-bond donors (Lipinski definition) is 0. The fraction of sp³-hybridized carbons (Fsp3) is 0.790. The number of esters is 3. The SMILES string of the molecule is CCCCC/C=C\C/C=C\C/C=C\C/C=C\CCCC(=O)OC(COC(=O)CCCCCCC/C=C\CCCCCCCCCCC)COC(=O)CCCCCCCCCCCCCCCCC. The Hall–Kier alpha value is -2.89. The van der Waals surface area contributed by atoms with Gasteiger partial charge in [-0.15, -0.1) is 0 Å². The molecule has 0 rings (SSSR count). The van der Waals surface area contributed by atoms with Gasteiger partial charge in [0.05, 0.1) is 0 Å². The summed E-state index contributed by atoms with van der Waals surface area (Å²) in [5.41, 5.74) is 0. The summed E-state index contributed by atoms with van der Waals surface area (Å²) in [5.74, 6) is -0.948. The van der Waals surface area contributed by atoms with Crippen molar-refractivity contribution in [2.75, 3.05) is 13.2 Å². The molecular formula is C62H110O6. The first-order chi connectivity index (χ1) is 33.5. The Labute approximate surface area is 421 Å². The highest BCUT2D eigenvalue weighted by Gasteiger charge is 2.19. The van der Waals surface area contributed by atoms with E-state index in [0.717, 1.165) is 70.6 Å². The lowest BCUT2D eigenvalue weighted by Gasteiger charge is -2.18. The summed E-state index contributed by atoms with van der Waals surface area (Å²) in [5, 5.41) is 0. The van der Waals surface area contributed by atoms with Crippen LogP contribution < -0.4 is 0 Å². The third-order valence-corrected chi connectivity index (χ3v) is 12.7. The van der Waals surface area contributed by atoms with Crippen LogP contribution in [0.25, 0.3) is 0 Å². The van der Waals surface area contributed by atoms with Gasteiger partial charge in [-0.1, -0.05) is 255 Å². The number of allylic oxidation sites excluding steroid dienone is 10. The predicted octanol–water partition coefficient (Wildman–Crippen LogP) is 19.6. The van der Waals surface area contributed by atoms with Crippen molar-refractivity contribution in [2.45, 2.75) is 303 Å². The zero-order valence-electron chi connectivity index (χ0n) is 45.1. The van der Waals surface area contributed by atoms with Gasteiger partial charge >= 0.3 is 17.9 Å². The number of ether oxygens (including phenoxy) is 3. The van der Waals surface area contributed by atoms with Crippen LogP contribution in [-0.2, 0) is 28.6 Å². The summed E-state index contributed by atoms with van der Waals surface area (Å²) in [6.45, 7) is 6.59. The molecule has 0 aromatic rings. The second-order valence-electron chi connectivity index (χ2n) is 19.6. The first-order valence-corrected chi connectivity index (χ1v) is 29.3. The molecule has 0 saturated heterocycles. The first kappa shape index (κ1) is 65.1. The van der Waals surface area contributed by atoms with Crippen LogP contribution in [0.2, 0.25) is 0 Å². The molecule has 0 aliphatic heterocycles. The lowest BCUT2D eigenvalue weighted by Crippen LogP contribution is -2.30. The second-order valence-corrected chi connectivity index (χ2v) is 19.6.